The third kappa shape index (κ3) is 5.72. The first-order chi connectivity index (χ1) is 16.0. The van der Waals surface area contributed by atoms with Gasteiger partial charge in [-0.1, -0.05) is 78.4 Å². The predicted octanol–water partition coefficient (Wildman–Crippen LogP) is 5.97. The van der Waals surface area contributed by atoms with Gasteiger partial charge < -0.3 is 5.11 Å². The molecule has 0 spiro atoms. The molecule has 0 saturated carbocycles. The number of Topliss-reactive ketones (excluding diaryl/α,β-unsaturated/α-hetero) is 1. The first-order valence-corrected chi connectivity index (χ1v) is 11.2. The Morgan fingerprint density at radius 1 is 0.848 bits per heavy atom. The summed E-state index contributed by atoms with van der Waals surface area (Å²) in [6, 6.07) is 24.0. The number of carbonyl (C=O) groups is 2. The Balaban J connectivity index is 1.41. The van der Waals surface area contributed by atoms with Gasteiger partial charge in [0, 0.05) is 30.0 Å². The normalized spacial score (nSPS) is 10.9. The van der Waals surface area contributed by atoms with Gasteiger partial charge in [-0.3, -0.25) is 14.6 Å². The topological polar surface area (TPSA) is 67.3 Å². The summed E-state index contributed by atoms with van der Waals surface area (Å²) in [7, 11) is 0. The van der Waals surface area contributed by atoms with Crippen molar-refractivity contribution >= 4 is 22.5 Å². The maximum Gasteiger partial charge on any atom is 0.307 e. The molecule has 33 heavy (non-hydrogen) atoms. The van der Waals surface area contributed by atoms with Crippen LogP contribution in [0, 0.1) is 6.92 Å². The second-order valence-corrected chi connectivity index (χ2v) is 8.48. The number of ketones is 1. The number of hydrogen-bond donors (Lipinski definition) is 1. The van der Waals surface area contributed by atoms with Crippen LogP contribution in [0.3, 0.4) is 0 Å². The molecule has 0 saturated heterocycles. The van der Waals surface area contributed by atoms with Gasteiger partial charge in [-0.15, -0.1) is 0 Å². The number of rotatable bonds is 9. The number of fused-ring (bicyclic) bond motifs is 1. The number of pyridine rings is 1. The second kappa shape index (κ2) is 10.2. The number of hydrogen-bond acceptors (Lipinski definition) is 3. The summed E-state index contributed by atoms with van der Waals surface area (Å²) < 4.78 is 0. The summed E-state index contributed by atoms with van der Waals surface area (Å²) in [5, 5.41) is 11.1. The minimum absolute atomic E-state index is 0.0471. The minimum Gasteiger partial charge on any atom is -0.481 e. The molecule has 0 fully saturated rings. The van der Waals surface area contributed by atoms with Gasteiger partial charge in [0.05, 0.1) is 12.1 Å². The Morgan fingerprint density at radius 2 is 1.52 bits per heavy atom. The van der Waals surface area contributed by atoms with Crippen LogP contribution in [0.2, 0.25) is 0 Å². The number of carboxylic acid groups (broad SMARTS) is 1. The van der Waals surface area contributed by atoms with E-state index in [1.54, 1.807) is 6.20 Å². The van der Waals surface area contributed by atoms with Gasteiger partial charge in [0.25, 0.3) is 0 Å². The molecule has 1 N–H and O–H groups in total. The summed E-state index contributed by atoms with van der Waals surface area (Å²) in [4.78, 5) is 28.3. The van der Waals surface area contributed by atoms with Crippen LogP contribution in [0.25, 0.3) is 10.8 Å². The van der Waals surface area contributed by atoms with Crippen molar-refractivity contribution in [3.8, 4) is 0 Å². The molecule has 3 aromatic carbocycles. The zero-order valence-corrected chi connectivity index (χ0v) is 18.8. The van der Waals surface area contributed by atoms with E-state index in [0.717, 1.165) is 40.4 Å². The molecule has 4 aromatic rings. The molecule has 0 amide bonds. The average molecular weight is 438 g/mol. The molecule has 0 atom stereocenters. The molecule has 4 nitrogen and oxygen atoms in total. The molecule has 4 heteroatoms. The Kier molecular flexibility index (Phi) is 6.94. The molecule has 0 radical (unpaired) electrons. The van der Waals surface area contributed by atoms with Gasteiger partial charge >= 0.3 is 5.97 Å². The maximum atomic E-state index is 12.6. The van der Waals surface area contributed by atoms with Gasteiger partial charge in [0.15, 0.2) is 5.78 Å². The number of benzene rings is 3. The molecule has 166 valence electrons. The van der Waals surface area contributed by atoms with Crippen LogP contribution in [0.5, 0.6) is 0 Å². The van der Waals surface area contributed by atoms with Crippen LogP contribution in [-0.4, -0.2) is 21.8 Å². The first-order valence-electron chi connectivity index (χ1n) is 11.2. The lowest BCUT2D eigenvalue weighted by Gasteiger charge is -2.10. The van der Waals surface area contributed by atoms with Gasteiger partial charge in [0.2, 0.25) is 0 Å². The lowest BCUT2D eigenvalue weighted by molar-refractivity contribution is -0.136. The minimum atomic E-state index is -0.867. The van der Waals surface area contributed by atoms with E-state index in [4.69, 9.17) is 5.11 Å². The van der Waals surface area contributed by atoms with Crippen molar-refractivity contribution in [1.29, 1.82) is 0 Å². The van der Waals surface area contributed by atoms with E-state index in [1.807, 2.05) is 48.5 Å². The molecular formula is C29H27NO3. The molecule has 0 unspecified atom stereocenters. The summed E-state index contributed by atoms with van der Waals surface area (Å²) >= 11 is 0. The van der Waals surface area contributed by atoms with E-state index >= 15 is 0 Å². The number of aliphatic carboxylic acids is 1. The van der Waals surface area contributed by atoms with Crippen LogP contribution < -0.4 is 0 Å². The Morgan fingerprint density at radius 3 is 2.21 bits per heavy atom. The SMILES string of the molecule is Cc1ccc(CCCC(=O)c2ccc(Cc3ncc(CC(=O)O)c4ccccc34)cc2)cc1. The molecule has 0 aliphatic rings. The van der Waals surface area contributed by atoms with Crippen molar-refractivity contribution in [3.05, 3.63) is 113 Å². The number of aryl methyl sites for hydroxylation is 2. The molecule has 0 bridgehead atoms. The van der Waals surface area contributed by atoms with E-state index in [2.05, 4.69) is 36.2 Å². The monoisotopic (exact) mass is 437 g/mol. The van der Waals surface area contributed by atoms with Gasteiger partial charge in [-0.2, -0.15) is 0 Å². The third-order valence-electron chi connectivity index (χ3n) is 5.94. The van der Waals surface area contributed by atoms with Crippen molar-refractivity contribution in [2.24, 2.45) is 0 Å². The largest absolute Gasteiger partial charge is 0.481 e. The first kappa shape index (κ1) is 22.4. The Hall–Kier alpha value is -3.79. The number of carbonyl (C=O) groups excluding carboxylic acids is 1. The number of nitrogens with zero attached hydrogens (tertiary/aromatic N) is 1. The second-order valence-electron chi connectivity index (χ2n) is 8.48. The highest BCUT2D eigenvalue weighted by Gasteiger charge is 2.11. The fourth-order valence-corrected chi connectivity index (χ4v) is 4.11. The Bertz CT molecular complexity index is 1270. The highest BCUT2D eigenvalue weighted by atomic mass is 16.4. The Labute approximate surface area is 193 Å². The molecular weight excluding hydrogens is 410 g/mol. The molecule has 1 aromatic heterocycles. The van der Waals surface area contributed by atoms with Gasteiger partial charge in [-0.05, 0) is 41.8 Å². The van der Waals surface area contributed by atoms with Gasteiger partial charge in [0.1, 0.15) is 0 Å². The number of aromatic nitrogens is 1. The lowest BCUT2D eigenvalue weighted by Crippen LogP contribution is -2.04. The van der Waals surface area contributed by atoms with E-state index in [0.29, 0.717) is 18.4 Å². The predicted molar refractivity (Wildman–Crippen MR) is 131 cm³/mol. The van der Waals surface area contributed by atoms with E-state index in [9.17, 15) is 9.59 Å². The van der Waals surface area contributed by atoms with E-state index in [1.165, 1.54) is 11.1 Å². The number of carboxylic acids is 1. The highest BCUT2D eigenvalue weighted by Crippen LogP contribution is 2.24. The van der Waals surface area contributed by atoms with E-state index in [-0.39, 0.29) is 12.2 Å². The van der Waals surface area contributed by atoms with Crippen LogP contribution in [-0.2, 0) is 24.1 Å². The highest BCUT2D eigenvalue weighted by molar-refractivity contribution is 5.96. The van der Waals surface area contributed by atoms with Crippen LogP contribution in [0.15, 0.2) is 79.0 Å². The summed E-state index contributed by atoms with van der Waals surface area (Å²) in [6.45, 7) is 2.07. The third-order valence-corrected chi connectivity index (χ3v) is 5.94. The van der Waals surface area contributed by atoms with Crippen LogP contribution >= 0.6 is 0 Å². The van der Waals surface area contributed by atoms with Crippen molar-refractivity contribution in [2.75, 3.05) is 0 Å². The molecule has 0 aliphatic heterocycles. The van der Waals surface area contributed by atoms with Crippen molar-refractivity contribution in [2.45, 2.75) is 39.0 Å². The van der Waals surface area contributed by atoms with Crippen LogP contribution in [0.4, 0.5) is 0 Å². The quantitative estimate of drug-likeness (QED) is 0.328. The molecule has 0 aliphatic carbocycles. The summed E-state index contributed by atoms with van der Waals surface area (Å²) in [5.41, 5.74) is 5.92. The maximum absolute atomic E-state index is 12.6. The zero-order chi connectivity index (χ0) is 23.2. The standard InChI is InChI=1S/C29H27NO3/c1-20-9-11-21(12-10-20)5-4-8-28(31)23-15-13-22(14-16-23)17-27-26-7-3-2-6-25(26)24(19-30-27)18-29(32)33/h2-3,6-7,9-16,19H,4-5,8,17-18H2,1H3,(H,32,33). The van der Waals surface area contributed by atoms with Crippen LogP contribution in [0.1, 0.15) is 51.1 Å². The smallest absolute Gasteiger partial charge is 0.307 e. The summed E-state index contributed by atoms with van der Waals surface area (Å²) in [5.74, 6) is -0.705. The van der Waals surface area contributed by atoms with Crippen molar-refractivity contribution in [1.82, 2.24) is 4.98 Å². The van der Waals surface area contributed by atoms with Crippen molar-refractivity contribution in [3.63, 3.8) is 0 Å². The summed E-state index contributed by atoms with van der Waals surface area (Å²) in [6.07, 6.45) is 4.51. The fourth-order valence-electron chi connectivity index (χ4n) is 4.11. The van der Waals surface area contributed by atoms with Gasteiger partial charge in [-0.25, -0.2) is 0 Å². The molecule has 1 heterocycles. The molecule has 4 rings (SSSR count). The average Bonchev–Trinajstić information content (AvgIpc) is 2.82. The van der Waals surface area contributed by atoms with Crippen molar-refractivity contribution < 1.29 is 14.7 Å². The van der Waals surface area contributed by atoms with E-state index < -0.39 is 5.97 Å². The lowest BCUT2D eigenvalue weighted by atomic mass is 9.98. The fraction of sp³-hybridized carbons (Fsp3) is 0.207. The zero-order valence-electron chi connectivity index (χ0n) is 18.8.